The van der Waals surface area contributed by atoms with Gasteiger partial charge in [-0.1, -0.05) is 12.1 Å². The smallest absolute Gasteiger partial charge is 0.335 e. The monoisotopic (exact) mass is 267 g/mol. The standard InChI is InChI=1S/C13H8F3NO2/c14-8-3-1-2-4-11(8)17-12-9(15)5-7(13(18)19)6-10(12)16/h1-6,17H,(H,18,19). The molecule has 0 unspecified atom stereocenters. The second-order valence-corrected chi connectivity index (χ2v) is 3.72. The van der Waals surface area contributed by atoms with Gasteiger partial charge in [-0.2, -0.15) is 0 Å². The van der Waals surface area contributed by atoms with Crippen LogP contribution in [0.1, 0.15) is 10.4 Å². The molecule has 0 saturated carbocycles. The molecule has 0 bridgehead atoms. The van der Waals surface area contributed by atoms with Crippen LogP contribution in [-0.4, -0.2) is 11.1 Å². The lowest BCUT2D eigenvalue weighted by Gasteiger charge is -2.10. The molecule has 2 aromatic rings. The van der Waals surface area contributed by atoms with Gasteiger partial charge in [0.1, 0.15) is 11.5 Å². The molecule has 0 atom stereocenters. The van der Waals surface area contributed by atoms with Gasteiger partial charge in [-0.15, -0.1) is 0 Å². The molecule has 0 saturated heterocycles. The van der Waals surface area contributed by atoms with Gasteiger partial charge in [0.25, 0.3) is 0 Å². The zero-order valence-corrected chi connectivity index (χ0v) is 9.45. The number of carboxylic acid groups (broad SMARTS) is 1. The second kappa shape index (κ2) is 5.01. The van der Waals surface area contributed by atoms with Crippen LogP contribution in [0, 0.1) is 17.5 Å². The van der Waals surface area contributed by atoms with E-state index in [4.69, 9.17) is 5.11 Å². The summed E-state index contributed by atoms with van der Waals surface area (Å²) in [6.07, 6.45) is 0. The molecule has 0 heterocycles. The highest BCUT2D eigenvalue weighted by Gasteiger charge is 2.15. The summed E-state index contributed by atoms with van der Waals surface area (Å²) in [5.74, 6) is -4.35. The van der Waals surface area contributed by atoms with Crippen molar-refractivity contribution in [1.29, 1.82) is 0 Å². The minimum Gasteiger partial charge on any atom is -0.478 e. The van der Waals surface area contributed by atoms with Gasteiger partial charge in [0.15, 0.2) is 11.6 Å². The summed E-state index contributed by atoms with van der Waals surface area (Å²) < 4.78 is 40.5. The van der Waals surface area contributed by atoms with Crippen molar-refractivity contribution in [3.05, 3.63) is 59.4 Å². The van der Waals surface area contributed by atoms with Crippen LogP contribution >= 0.6 is 0 Å². The van der Waals surface area contributed by atoms with E-state index in [0.717, 1.165) is 6.07 Å². The van der Waals surface area contributed by atoms with E-state index in [1.54, 1.807) is 0 Å². The topological polar surface area (TPSA) is 49.3 Å². The van der Waals surface area contributed by atoms with Crippen LogP contribution in [0.15, 0.2) is 36.4 Å². The first-order valence-corrected chi connectivity index (χ1v) is 5.23. The summed E-state index contributed by atoms with van der Waals surface area (Å²) >= 11 is 0. The molecule has 0 aromatic heterocycles. The quantitative estimate of drug-likeness (QED) is 0.894. The summed E-state index contributed by atoms with van der Waals surface area (Å²) in [6, 6.07) is 6.68. The third-order valence-electron chi connectivity index (χ3n) is 2.42. The molecule has 2 aromatic carbocycles. The maximum absolute atomic E-state index is 13.6. The maximum Gasteiger partial charge on any atom is 0.335 e. The van der Waals surface area contributed by atoms with Gasteiger partial charge in [-0.3, -0.25) is 0 Å². The fourth-order valence-corrected chi connectivity index (χ4v) is 1.51. The van der Waals surface area contributed by atoms with Gasteiger partial charge in [0.05, 0.1) is 11.3 Å². The Morgan fingerprint density at radius 3 is 2.11 bits per heavy atom. The summed E-state index contributed by atoms with van der Waals surface area (Å²) in [5.41, 5.74) is -1.23. The Bertz CT molecular complexity index is 621. The highest BCUT2D eigenvalue weighted by Crippen LogP contribution is 2.26. The Morgan fingerprint density at radius 1 is 1.00 bits per heavy atom. The average Bonchev–Trinajstić information content (AvgIpc) is 2.35. The lowest BCUT2D eigenvalue weighted by molar-refractivity contribution is 0.0696. The predicted molar refractivity (Wildman–Crippen MR) is 63.0 cm³/mol. The number of benzene rings is 2. The third-order valence-corrected chi connectivity index (χ3v) is 2.42. The first kappa shape index (κ1) is 12.9. The predicted octanol–water partition coefficient (Wildman–Crippen LogP) is 3.55. The molecule has 6 heteroatoms. The molecule has 0 fully saturated rings. The fraction of sp³-hybridized carbons (Fsp3) is 0. The van der Waals surface area contributed by atoms with Crippen molar-refractivity contribution in [2.75, 3.05) is 5.32 Å². The number of halogens is 3. The number of aromatic carboxylic acids is 1. The number of nitrogens with one attached hydrogen (secondary N) is 1. The molecule has 98 valence electrons. The largest absolute Gasteiger partial charge is 0.478 e. The number of carbonyl (C=O) groups is 1. The summed E-state index contributed by atoms with van der Waals surface area (Å²) in [5, 5.41) is 10.9. The summed E-state index contributed by atoms with van der Waals surface area (Å²) in [4.78, 5) is 10.6. The first-order chi connectivity index (χ1) is 8.99. The Kier molecular flexibility index (Phi) is 3.41. The zero-order chi connectivity index (χ0) is 14.0. The van der Waals surface area contributed by atoms with Crippen molar-refractivity contribution in [2.24, 2.45) is 0 Å². The van der Waals surface area contributed by atoms with Gasteiger partial charge >= 0.3 is 5.97 Å². The Labute approximate surface area is 106 Å². The molecule has 3 nitrogen and oxygen atoms in total. The van der Waals surface area contributed by atoms with Gasteiger partial charge in [-0.05, 0) is 24.3 Å². The Morgan fingerprint density at radius 2 is 1.58 bits per heavy atom. The first-order valence-electron chi connectivity index (χ1n) is 5.23. The van der Waals surface area contributed by atoms with Crippen molar-refractivity contribution in [1.82, 2.24) is 0 Å². The van der Waals surface area contributed by atoms with E-state index < -0.39 is 34.7 Å². The van der Waals surface area contributed by atoms with E-state index in [0.29, 0.717) is 12.1 Å². The van der Waals surface area contributed by atoms with Gasteiger partial charge < -0.3 is 10.4 Å². The Balaban J connectivity index is 2.42. The fourth-order valence-electron chi connectivity index (χ4n) is 1.51. The lowest BCUT2D eigenvalue weighted by Crippen LogP contribution is -2.04. The molecule has 0 spiro atoms. The van der Waals surface area contributed by atoms with Crippen LogP contribution < -0.4 is 5.32 Å². The van der Waals surface area contributed by atoms with Gasteiger partial charge in [0.2, 0.25) is 0 Å². The van der Waals surface area contributed by atoms with Crippen molar-refractivity contribution in [3.8, 4) is 0 Å². The number of hydrogen-bond donors (Lipinski definition) is 2. The van der Waals surface area contributed by atoms with E-state index in [9.17, 15) is 18.0 Å². The van der Waals surface area contributed by atoms with Crippen molar-refractivity contribution in [2.45, 2.75) is 0 Å². The zero-order valence-electron chi connectivity index (χ0n) is 9.45. The molecular weight excluding hydrogens is 259 g/mol. The van der Waals surface area contributed by atoms with Crippen LogP contribution in [0.25, 0.3) is 0 Å². The summed E-state index contributed by atoms with van der Waals surface area (Å²) in [6.45, 7) is 0. The van der Waals surface area contributed by atoms with Gasteiger partial charge in [-0.25, -0.2) is 18.0 Å². The maximum atomic E-state index is 13.6. The van der Waals surface area contributed by atoms with E-state index in [1.807, 2.05) is 0 Å². The van der Waals surface area contributed by atoms with E-state index in [-0.39, 0.29) is 5.69 Å². The molecule has 0 aliphatic heterocycles. The van der Waals surface area contributed by atoms with Crippen LogP contribution in [0.3, 0.4) is 0 Å². The summed E-state index contributed by atoms with van der Waals surface area (Å²) in [7, 11) is 0. The van der Waals surface area contributed by atoms with Crippen molar-refractivity contribution in [3.63, 3.8) is 0 Å². The molecule has 2 rings (SSSR count). The second-order valence-electron chi connectivity index (χ2n) is 3.72. The molecule has 0 aliphatic carbocycles. The number of anilines is 2. The number of rotatable bonds is 3. The molecule has 0 aliphatic rings. The minimum atomic E-state index is -1.45. The normalized spacial score (nSPS) is 10.3. The molecule has 0 radical (unpaired) electrons. The van der Waals surface area contributed by atoms with Gasteiger partial charge in [0, 0.05) is 0 Å². The van der Waals surface area contributed by atoms with Crippen LogP contribution in [0.2, 0.25) is 0 Å². The minimum absolute atomic E-state index is 0.108. The third kappa shape index (κ3) is 2.67. The molecular formula is C13H8F3NO2. The highest BCUT2D eigenvalue weighted by molar-refractivity contribution is 5.88. The van der Waals surface area contributed by atoms with Crippen molar-refractivity contribution < 1.29 is 23.1 Å². The van der Waals surface area contributed by atoms with Crippen molar-refractivity contribution >= 4 is 17.3 Å². The SMILES string of the molecule is O=C(O)c1cc(F)c(Nc2ccccc2F)c(F)c1. The van der Waals surface area contributed by atoms with E-state index in [2.05, 4.69) is 5.32 Å². The molecule has 19 heavy (non-hydrogen) atoms. The molecule has 0 amide bonds. The Hall–Kier alpha value is -2.50. The molecule has 2 N–H and O–H groups in total. The van der Waals surface area contributed by atoms with Crippen LogP contribution in [-0.2, 0) is 0 Å². The van der Waals surface area contributed by atoms with Crippen LogP contribution in [0.5, 0.6) is 0 Å². The van der Waals surface area contributed by atoms with E-state index >= 15 is 0 Å². The average molecular weight is 267 g/mol. The number of carboxylic acids is 1. The van der Waals surface area contributed by atoms with Crippen LogP contribution in [0.4, 0.5) is 24.5 Å². The van der Waals surface area contributed by atoms with E-state index in [1.165, 1.54) is 18.2 Å². The highest BCUT2D eigenvalue weighted by atomic mass is 19.1. The lowest BCUT2D eigenvalue weighted by atomic mass is 10.1. The number of hydrogen-bond acceptors (Lipinski definition) is 2. The number of para-hydroxylation sites is 1.